The van der Waals surface area contributed by atoms with E-state index in [0.717, 1.165) is 47.4 Å². The van der Waals surface area contributed by atoms with Crippen molar-refractivity contribution in [2.24, 2.45) is 5.41 Å². The Balaban J connectivity index is 1.67. The van der Waals surface area contributed by atoms with E-state index in [1.807, 2.05) is 29.8 Å². The first-order valence-corrected chi connectivity index (χ1v) is 14.6. The average molecular weight is 511 g/mol. The van der Waals surface area contributed by atoms with E-state index in [1.54, 1.807) is 0 Å². The fourth-order valence-electron chi connectivity index (χ4n) is 5.70. The maximum Gasteiger partial charge on any atom is 0.258 e. The van der Waals surface area contributed by atoms with Crippen LogP contribution in [-0.2, 0) is 22.7 Å². The zero-order valence-corrected chi connectivity index (χ0v) is 22.2. The van der Waals surface area contributed by atoms with Crippen LogP contribution in [0.2, 0.25) is 0 Å². The fourth-order valence-corrected chi connectivity index (χ4v) is 7.19. The Morgan fingerprint density at radius 3 is 2.56 bits per heavy atom. The molecule has 9 heteroatoms. The molecular weight excluding hydrogens is 476 g/mol. The molecule has 0 spiro atoms. The normalized spacial score (nSPS) is 19.4. The number of nitrogens with one attached hydrogen (secondary N) is 2. The van der Waals surface area contributed by atoms with E-state index >= 15 is 0 Å². The molecule has 1 saturated heterocycles. The first kappa shape index (κ1) is 24.7. The quantitative estimate of drug-likeness (QED) is 0.534. The number of Topliss-reactive ketones (excluding diaryl/α,β-unsaturated/α-hetero) is 1. The van der Waals surface area contributed by atoms with Gasteiger partial charge in [0.1, 0.15) is 9.84 Å². The molecule has 0 unspecified atom stereocenters. The SMILES string of the molecule is CCCc1cc2cc(-n3nc(C)c4c3CC(C)(C)CC4=O)cc(NC3CCS(=O)(=O)CC3)c2c(=O)[nH]1. The molecule has 0 bridgehead atoms. The number of carbonyl (C=O) groups is 1. The highest BCUT2D eigenvalue weighted by Crippen LogP contribution is 2.38. The summed E-state index contributed by atoms with van der Waals surface area (Å²) >= 11 is 0. The Morgan fingerprint density at radius 2 is 1.86 bits per heavy atom. The molecule has 3 aromatic rings. The lowest BCUT2D eigenvalue weighted by atomic mass is 9.75. The molecule has 3 heterocycles. The maximum atomic E-state index is 13.2. The van der Waals surface area contributed by atoms with Crippen LogP contribution in [0.25, 0.3) is 16.5 Å². The van der Waals surface area contributed by atoms with Crippen LogP contribution in [-0.4, -0.2) is 46.5 Å². The highest BCUT2D eigenvalue weighted by atomic mass is 32.2. The number of hydrogen-bond acceptors (Lipinski definition) is 6. The molecule has 1 aromatic carbocycles. The summed E-state index contributed by atoms with van der Waals surface area (Å²) in [5.74, 6) is 0.402. The first-order chi connectivity index (χ1) is 17.0. The molecule has 2 aromatic heterocycles. The van der Waals surface area contributed by atoms with Crippen LogP contribution in [0, 0.1) is 12.3 Å². The van der Waals surface area contributed by atoms with Gasteiger partial charge in [-0.05, 0) is 61.6 Å². The fraction of sp³-hybridized carbons (Fsp3) is 0.519. The number of fused-ring (bicyclic) bond motifs is 2. The van der Waals surface area contributed by atoms with Crippen LogP contribution >= 0.6 is 0 Å². The zero-order valence-electron chi connectivity index (χ0n) is 21.4. The third-order valence-electron chi connectivity index (χ3n) is 7.38. The van der Waals surface area contributed by atoms with Crippen molar-refractivity contribution in [3.8, 4) is 5.69 Å². The molecule has 0 saturated carbocycles. The van der Waals surface area contributed by atoms with Crippen LogP contribution in [0.5, 0.6) is 0 Å². The van der Waals surface area contributed by atoms with E-state index in [4.69, 9.17) is 5.10 Å². The minimum Gasteiger partial charge on any atom is -0.382 e. The van der Waals surface area contributed by atoms with Gasteiger partial charge in [-0.15, -0.1) is 0 Å². The van der Waals surface area contributed by atoms with Crippen molar-refractivity contribution in [1.29, 1.82) is 0 Å². The van der Waals surface area contributed by atoms with Crippen molar-refractivity contribution in [3.05, 3.63) is 51.2 Å². The second-order valence-electron chi connectivity index (χ2n) is 11.2. The third kappa shape index (κ3) is 4.61. The minimum atomic E-state index is -3.00. The average Bonchev–Trinajstić information content (AvgIpc) is 3.10. The number of aryl methyl sites for hydroxylation is 2. The van der Waals surface area contributed by atoms with Crippen LogP contribution in [0.3, 0.4) is 0 Å². The standard InChI is InChI=1S/C27H34N4O4S/c1-5-6-19-11-17-12-20(31-22-14-27(3,4)15-23(32)24(22)16(2)30-31)13-21(25(17)26(33)29-19)28-18-7-9-36(34,35)10-8-18/h11-13,18,28H,5-10,14-15H2,1-4H3,(H,29,33). The number of rotatable bonds is 5. The van der Waals surface area contributed by atoms with E-state index in [9.17, 15) is 18.0 Å². The lowest BCUT2D eigenvalue weighted by Crippen LogP contribution is -2.32. The smallest absolute Gasteiger partial charge is 0.258 e. The molecule has 2 N–H and O–H groups in total. The minimum absolute atomic E-state index is 0.0459. The van der Waals surface area contributed by atoms with E-state index in [1.165, 1.54) is 0 Å². The predicted molar refractivity (Wildman–Crippen MR) is 142 cm³/mol. The maximum absolute atomic E-state index is 13.2. The van der Waals surface area contributed by atoms with Gasteiger partial charge in [0.05, 0.1) is 39.5 Å². The van der Waals surface area contributed by atoms with Crippen molar-refractivity contribution < 1.29 is 13.2 Å². The van der Waals surface area contributed by atoms with E-state index in [0.29, 0.717) is 35.9 Å². The molecule has 192 valence electrons. The van der Waals surface area contributed by atoms with Gasteiger partial charge in [0.15, 0.2) is 5.78 Å². The number of hydrogen-bond donors (Lipinski definition) is 2. The monoisotopic (exact) mass is 510 g/mol. The van der Waals surface area contributed by atoms with E-state index in [2.05, 4.69) is 31.1 Å². The van der Waals surface area contributed by atoms with Gasteiger partial charge in [-0.25, -0.2) is 13.1 Å². The number of aromatic nitrogens is 3. The summed E-state index contributed by atoms with van der Waals surface area (Å²) in [7, 11) is -3.00. The van der Waals surface area contributed by atoms with Gasteiger partial charge >= 0.3 is 0 Å². The second-order valence-corrected chi connectivity index (χ2v) is 13.5. The number of anilines is 1. The summed E-state index contributed by atoms with van der Waals surface area (Å²) in [5.41, 5.74) is 4.33. The molecule has 0 atom stereocenters. The summed E-state index contributed by atoms with van der Waals surface area (Å²) in [6, 6.07) is 5.85. The Morgan fingerprint density at radius 1 is 1.14 bits per heavy atom. The number of nitrogens with zero attached hydrogens (tertiary/aromatic N) is 2. The molecule has 1 aliphatic heterocycles. The van der Waals surface area contributed by atoms with Crippen molar-refractivity contribution in [3.63, 3.8) is 0 Å². The summed E-state index contributed by atoms with van der Waals surface area (Å²) in [6.45, 7) is 8.14. The zero-order chi connectivity index (χ0) is 25.8. The van der Waals surface area contributed by atoms with Gasteiger partial charge < -0.3 is 10.3 Å². The number of sulfone groups is 1. The van der Waals surface area contributed by atoms with Gasteiger partial charge in [0.2, 0.25) is 0 Å². The molecule has 1 aliphatic carbocycles. The topological polar surface area (TPSA) is 114 Å². The summed E-state index contributed by atoms with van der Waals surface area (Å²) < 4.78 is 25.8. The van der Waals surface area contributed by atoms with Crippen molar-refractivity contribution in [2.75, 3.05) is 16.8 Å². The largest absolute Gasteiger partial charge is 0.382 e. The van der Waals surface area contributed by atoms with E-state index < -0.39 is 9.84 Å². The molecule has 5 rings (SSSR count). The summed E-state index contributed by atoms with van der Waals surface area (Å²) in [5, 5.41) is 9.62. The number of benzene rings is 1. The van der Waals surface area contributed by atoms with Gasteiger partial charge in [0.25, 0.3) is 5.56 Å². The number of H-pyrrole nitrogens is 1. The molecule has 0 amide bonds. The first-order valence-electron chi connectivity index (χ1n) is 12.8. The third-order valence-corrected chi connectivity index (χ3v) is 9.10. The van der Waals surface area contributed by atoms with Gasteiger partial charge in [-0.2, -0.15) is 5.10 Å². The van der Waals surface area contributed by atoms with Gasteiger partial charge in [-0.3, -0.25) is 9.59 Å². The van der Waals surface area contributed by atoms with Crippen molar-refractivity contribution in [2.45, 2.75) is 72.3 Å². The van der Waals surface area contributed by atoms with Crippen molar-refractivity contribution in [1.82, 2.24) is 14.8 Å². The highest BCUT2D eigenvalue weighted by Gasteiger charge is 2.36. The molecule has 36 heavy (non-hydrogen) atoms. The van der Waals surface area contributed by atoms with E-state index in [-0.39, 0.29) is 34.3 Å². The van der Waals surface area contributed by atoms with Crippen LogP contribution < -0.4 is 10.9 Å². The van der Waals surface area contributed by atoms with Gasteiger partial charge in [-0.1, -0.05) is 27.2 Å². The molecule has 0 radical (unpaired) electrons. The highest BCUT2D eigenvalue weighted by molar-refractivity contribution is 7.91. The Labute approximate surface area is 211 Å². The lowest BCUT2D eigenvalue weighted by molar-refractivity contribution is 0.0910. The van der Waals surface area contributed by atoms with Crippen LogP contribution in [0.4, 0.5) is 5.69 Å². The molecule has 1 fully saturated rings. The molecular formula is C27H34N4O4S. The van der Waals surface area contributed by atoms with Crippen molar-refractivity contribution >= 4 is 32.1 Å². The number of aromatic amines is 1. The molecule has 8 nitrogen and oxygen atoms in total. The predicted octanol–water partition coefficient (Wildman–Crippen LogP) is 4.12. The van der Waals surface area contributed by atoms with Crippen LogP contribution in [0.1, 0.15) is 73.9 Å². The lowest BCUT2D eigenvalue weighted by Gasteiger charge is -2.29. The van der Waals surface area contributed by atoms with Gasteiger partial charge in [0, 0.05) is 23.8 Å². The molecule has 2 aliphatic rings. The Bertz CT molecular complexity index is 1520. The summed E-state index contributed by atoms with van der Waals surface area (Å²) in [6.07, 6.45) is 3.89. The number of pyridine rings is 1. The Hall–Kier alpha value is -2.94. The second kappa shape index (κ2) is 8.87. The summed E-state index contributed by atoms with van der Waals surface area (Å²) in [4.78, 5) is 29.2. The number of carbonyl (C=O) groups excluding carboxylic acids is 1. The van der Waals surface area contributed by atoms with Crippen LogP contribution in [0.15, 0.2) is 23.0 Å². The number of ketones is 1. The Kier molecular flexibility index (Phi) is 6.09.